The highest BCUT2D eigenvalue weighted by Crippen LogP contribution is 2.17. The molecule has 0 aromatic heterocycles. The van der Waals surface area contributed by atoms with Crippen LogP contribution in [-0.2, 0) is 0 Å². The summed E-state index contributed by atoms with van der Waals surface area (Å²) < 4.78 is 23.7. The van der Waals surface area contributed by atoms with Crippen LogP contribution in [0.3, 0.4) is 0 Å². The topological polar surface area (TPSA) is 26.0 Å². The first kappa shape index (κ1) is 7.82. The molecule has 0 aromatic carbocycles. The molecule has 50 valence electrons. The van der Waals surface area contributed by atoms with E-state index in [1.165, 1.54) is 0 Å². The molecule has 0 aliphatic carbocycles. The van der Waals surface area contributed by atoms with Gasteiger partial charge in [-0.25, -0.2) is 8.78 Å². The van der Waals surface area contributed by atoms with E-state index in [0.717, 1.165) is 6.92 Å². The monoisotopic (exact) mass is 123 g/mol. The lowest BCUT2D eigenvalue weighted by molar-refractivity contribution is 0.0116. The largest absolute Gasteiger partial charge is 0.330 e. The fraction of sp³-hybridized carbons (Fsp3) is 1.00. The van der Waals surface area contributed by atoms with Crippen LogP contribution >= 0.6 is 0 Å². The van der Waals surface area contributed by atoms with Gasteiger partial charge in [0.1, 0.15) is 0 Å². The zero-order chi connectivity index (χ0) is 6.62. The summed E-state index contributed by atoms with van der Waals surface area (Å²) in [6.07, 6.45) is 0.312. The van der Waals surface area contributed by atoms with Gasteiger partial charge in [0.2, 0.25) is 5.92 Å². The lowest BCUT2D eigenvalue weighted by Gasteiger charge is -2.06. The molecular formula is C5H11F2N. The van der Waals surface area contributed by atoms with E-state index >= 15 is 0 Å². The van der Waals surface area contributed by atoms with Crippen molar-refractivity contribution in [2.45, 2.75) is 25.7 Å². The highest BCUT2D eigenvalue weighted by Gasteiger charge is 2.18. The minimum Gasteiger partial charge on any atom is -0.330 e. The molecule has 0 saturated heterocycles. The quantitative estimate of drug-likeness (QED) is 0.602. The van der Waals surface area contributed by atoms with Crippen LogP contribution < -0.4 is 5.73 Å². The van der Waals surface area contributed by atoms with Crippen molar-refractivity contribution in [3.05, 3.63) is 0 Å². The molecule has 0 aromatic rings. The van der Waals surface area contributed by atoms with Crippen LogP contribution in [0.2, 0.25) is 0 Å². The fourth-order valence-corrected chi connectivity index (χ4v) is 0.412. The van der Waals surface area contributed by atoms with E-state index in [-0.39, 0.29) is 6.42 Å². The third kappa shape index (κ3) is 5.82. The third-order valence-corrected chi connectivity index (χ3v) is 0.820. The first-order valence-corrected chi connectivity index (χ1v) is 2.64. The number of hydrogen-bond donors (Lipinski definition) is 1. The van der Waals surface area contributed by atoms with Gasteiger partial charge in [-0.05, 0) is 19.9 Å². The molecule has 0 aliphatic heterocycles. The molecule has 0 bridgehead atoms. The molecule has 0 spiro atoms. The van der Waals surface area contributed by atoms with Gasteiger partial charge in [-0.15, -0.1) is 0 Å². The van der Waals surface area contributed by atoms with Crippen molar-refractivity contribution in [2.75, 3.05) is 6.54 Å². The maximum atomic E-state index is 11.9. The van der Waals surface area contributed by atoms with Crippen molar-refractivity contribution >= 4 is 0 Å². The lowest BCUT2D eigenvalue weighted by Crippen LogP contribution is -2.12. The fourth-order valence-electron chi connectivity index (χ4n) is 0.412. The number of halogens is 2. The maximum absolute atomic E-state index is 11.9. The van der Waals surface area contributed by atoms with Crippen molar-refractivity contribution in [2.24, 2.45) is 5.73 Å². The van der Waals surface area contributed by atoms with Crippen molar-refractivity contribution in [1.29, 1.82) is 0 Å². The molecule has 1 nitrogen and oxygen atoms in total. The van der Waals surface area contributed by atoms with Crippen LogP contribution in [0.15, 0.2) is 0 Å². The standard InChI is InChI=1S/C5H11F2N/c1-5(6,7)3-2-4-8/h2-4,8H2,1H3. The molecular weight excluding hydrogens is 112 g/mol. The molecule has 0 aliphatic rings. The minimum atomic E-state index is -2.53. The average molecular weight is 123 g/mol. The number of alkyl halides is 2. The first-order chi connectivity index (χ1) is 3.56. The second-order valence-corrected chi connectivity index (χ2v) is 1.96. The van der Waals surface area contributed by atoms with Crippen LogP contribution in [0, 0.1) is 0 Å². The Morgan fingerprint density at radius 2 is 2.00 bits per heavy atom. The average Bonchev–Trinajstić information content (AvgIpc) is 1.59. The normalized spacial score (nSPS) is 12.0. The zero-order valence-electron chi connectivity index (χ0n) is 4.95. The smallest absolute Gasteiger partial charge is 0.245 e. The summed E-state index contributed by atoms with van der Waals surface area (Å²) in [6.45, 7) is 1.26. The minimum absolute atomic E-state index is 0.0938. The van der Waals surface area contributed by atoms with E-state index in [1.807, 2.05) is 0 Å². The van der Waals surface area contributed by atoms with E-state index in [1.54, 1.807) is 0 Å². The summed E-state index contributed by atoms with van der Waals surface area (Å²) >= 11 is 0. The summed E-state index contributed by atoms with van der Waals surface area (Å²) in [4.78, 5) is 0. The van der Waals surface area contributed by atoms with Crippen molar-refractivity contribution < 1.29 is 8.78 Å². The second kappa shape index (κ2) is 2.97. The molecule has 0 unspecified atom stereocenters. The highest BCUT2D eigenvalue weighted by molar-refractivity contribution is 4.56. The van der Waals surface area contributed by atoms with Gasteiger partial charge >= 0.3 is 0 Å². The molecule has 0 radical (unpaired) electrons. The van der Waals surface area contributed by atoms with Crippen LogP contribution in [0.5, 0.6) is 0 Å². The number of rotatable bonds is 3. The van der Waals surface area contributed by atoms with E-state index in [0.29, 0.717) is 13.0 Å². The summed E-state index contributed by atoms with van der Waals surface area (Å²) in [6, 6.07) is 0. The van der Waals surface area contributed by atoms with Crippen molar-refractivity contribution in [3.63, 3.8) is 0 Å². The van der Waals surface area contributed by atoms with Crippen LogP contribution in [-0.4, -0.2) is 12.5 Å². The number of hydrogen-bond acceptors (Lipinski definition) is 1. The van der Waals surface area contributed by atoms with Gasteiger partial charge in [0.15, 0.2) is 0 Å². The van der Waals surface area contributed by atoms with Gasteiger partial charge in [-0.2, -0.15) is 0 Å². The molecule has 0 atom stereocenters. The van der Waals surface area contributed by atoms with E-state index in [4.69, 9.17) is 5.73 Å². The van der Waals surface area contributed by atoms with Gasteiger partial charge in [0.25, 0.3) is 0 Å². The summed E-state index contributed by atoms with van der Waals surface area (Å²) in [7, 11) is 0. The first-order valence-electron chi connectivity index (χ1n) is 2.64. The van der Waals surface area contributed by atoms with E-state index < -0.39 is 5.92 Å². The summed E-state index contributed by atoms with van der Waals surface area (Å²) in [5.41, 5.74) is 5.00. The van der Waals surface area contributed by atoms with Crippen molar-refractivity contribution in [1.82, 2.24) is 0 Å². The molecule has 0 rings (SSSR count). The predicted molar refractivity (Wildman–Crippen MR) is 28.9 cm³/mol. The molecule has 0 amide bonds. The van der Waals surface area contributed by atoms with E-state index in [9.17, 15) is 8.78 Å². The Labute approximate surface area is 47.9 Å². The van der Waals surface area contributed by atoms with Gasteiger partial charge in [0.05, 0.1) is 0 Å². The molecule has 3 heteroatoms. The number of nitrogens with two attached hydrogens (primary N) is 1. The van der Waals surface area contributed by atoms with Crippen LogP contribution in [0.25, 0.3) is 0 Å². The molecule has 0 saturated carbocycles. The summed E-state index contributed by atoms with van der Waals surface area (Å²) in [5, 5.41) is 0. The molecule has 0 heterocycles. The van der Waals surface area contributed by atoms with Gasteiger partial charge in [-0.1, -0.05) is 0 Å². The van der Waals surface area contributed by atoms with Crippen LogP contribution in [0.1, 0.15) is 19.8 Å². The summed E-state index contributed by atoms with van der Waals surface area (Å²) in [5.74, 6) is -2.53. The lowest BCUT2D eigenvalue weighted by atomic mass is 10.2. The Kier molecular flexibility index (Phi) is 2.90. The van der Waals surface area contributed by atoms with Crippen molar-refractivity contribution in [3.8, 4) is 0 Å². The predicted octanol–water partition coefficient (Wildman–Crippen LogP) is 1.38. The highest BCUT2D eigenvalue weighted by atomic mass is 19.3. The molecule has 2 N–H and O–H groups in total. The second-order valence-electron chi connectivity index (χ2n) is 1.96. The van der Waals surface area contributed by atoms with Gasteiger partial charge in [0, 0.05) is 6.42 Å². The van der Waals surface area contributed by atoms with Gasteiger partial charge < -0.3 is 5.73 Å². The third-order valence-electron chi connectivity index (χ3n) is 0.820. The van der Waals surface area contributed by atoms with E-state index in [2.05, 4.69) is 0 Å². The molecule has 8 heavy (non-hydrogen) atoms. The Morgan fingerprint density at radius 1 is 1.50 bits per heavy atom. The Hall–Kier alpha value is -0.180. The van der Waals surface area contributed by atoms with Gasteiger partial charge in [-0.3, -0.25) is 0 Å². The van der Waals surface area contributed by atoms with Crippen LogP contribution in [0.4, 0.5) is 8.78 Å². The Morgan fingerprint density at radius 3 is 2.12 bits per heavy atom. The Balaban J connectivity index is 3.11. The maximum Gasteiger partial charge on any atom is 0.245 e. The SMILES string of the molecule is CC(F)(F)CCCN. The molecule has 0 fully saturated rings. The zero-order valence-corrected chi connectivity index (χ0v) is 4.95. The Bertz CT molecular complexity index is 57.9.